The normalized spacial score (nSPS) is 17.9. The van der Waals surface area contributed by atoms with Crippen LogP contribution in [-0.2, 0) is 19.1 Å². The first-order chi connectivity index (χ1) is 12.5. The predicted octanol–water partition coefficient (Wildman–Crippen LogP) is 2.62. The fourth-order valence-electron chi connectivity index (χ4n) is 3.04. The van der Waals surface area contributed by atoms with Crippen LogP contribution >= 0.6 is 0 Å². The molecule has 0 radical (unpaired) electrons. The molecule has 0 aliphatic carbocycles. The molecule has 1 aliphatic rings. The average Bonchev–Trinajstić information content (AvgIpc) is 3.05. The summed E-state index contributed by atoms with van der Waals surface area (Å²) < 4.78 is 5.09. The molecule has 2 atom stereocenters. The molecular formula is C20H28N2O4. The van der Waals surface area contributed by atoms with Crippen LogP contribution in [0.5, 0.6) is 0 Å². The van der Waals surface area contributed by atoms with Crippen LogP contribution < -0.4 is 10.2 Å². The van der Waals surface area contributed by atoms with Crippen molar-refractivity contribution in [3.8, 4) is 0 Å². The lowest BCUT2D eigenvalue weighted by atomic mass is 9.96. The highest BCUT2D eigenvalue weighted by atomic mass is 16.5. The van der Waals surface area contributed by atoms with Gasteiger partial charge in [0.25, 0.3) is 5.91 Å². The first-order valence-electron chi connectivity index (χ1n) is 9.30. The van der Waals surface area contributed by atoms with Crippen molar-refractivity contribution < 1.29 is 19.1 Å². The Morgan fingerprint density at radius 3 is 2.73 bits per heavy atom. The van der Waals surface area contributed by atoms with Gasteiger partial charge in [-0.15, -0.1) is 0 Å². The van der Waals surface area contributed by atoms with Crippen LogP contribution in [0.1, 0.15) is 51.5 Å². The zero-order valence-corrected chi connectivity index (χ0v) is 15.8. The number of nitrogens with one attached hydrogen (secondary N) is 1. The number of ether oxygens (including phenoxy) is 1. The summed E-state index contributed by atoms with van der Waals surface area (Å²) in [6, 6.07) is 7.82. The van der Waals surface area contributed by atoms with Crippen molar-refractivity contribution in [3.05, 3.63) is 29.8 Å². The minimum absolute atomic E-state index is 0.0851. The first kappa shape index (κ1) is 19.9. The third-order valence-electron chi connectivity index (χ3n) is 4.75. The molecule has 1 fully saturated rings. The van der Waals surface area contributed by atoms with E-state index in [1.165, 1.54) is 0 Å². The third-order valence-corrected chi connectivity index (χ3v) is 4.75. The van der Waals surface area contributed by atoms with Gasteiger partial charge in [0.05, 0.1) is 5.92 Å². The van der Waals surface area contributed by atoms with Gasteiger partial charge in [-0.3, -0.25) is 14.4 Å². The Labute approximate surface area is 154 Å². The van der Waals surface area contributed by atoms with Crippen molar-refractivity contribution in [1.29, 1.82) is 0 Å². The fourth-order valence-corrected chi connectivity index (χ4v) is 3.04. The topological polar surface area (TPSA) is 75.7 Å². The van der Waals surface area contributed by atoms with Gasteiger partial charge < -0.3 is 15.0 Å². The van der Waals surface area contributed by atoms with Crippen LogP contribution in [0.15, 0.2) is 24.3 Å². The van der Waals surface area contributed by atoms with Gasteiger partial charge in [0.2, 0.25) is 5.91 Å². The summed E-state index contributed by atoms with van der Waals surface area (Å²) in [6.07, 6.45) is 1.91. The maximum absolute atomic E-state index is 12.5. The largest absolute Gasteiger partial charge is 0.455 e. The van der Waals surface area contributed by atoms with Crippen molar-refractivity contribution in [2.45, 2.75) is 46.0 Å². The number of amides is 2. The van der Waals surface area contributed by atoms with E-state index in [4.69, 9.17) is 4.74 Å². The molecule has 142 valence electrons. The molecule has 6 heteroatoms. The molecule has 2 amide bonds. The smallest absolute Gasteiger partial charge is 0.311 e. The monoisotopic (exact) mass is 360 g/mol. The van der Waals surface area contributed by atoms with Crippen LogP contribution in [0.2, 0.25) is 0 Å². The van der Waals surface area contributed by atoms with Gasteiger partial charge in [0.15, 0.2) is 6.61 Å². The van der Waals surface area contributed by atoms with Gasteiger partial charge in [-0.1, -0.05) is 39.0 Å². The zero-order valence-electron chi connectivity index (χ0n) is 15.8. The number of nitrogens with zero attached hydrogens (tertiary/aromatic N) is 1. The number of hydrogen-bond acceptors (Lipinski definition) is 4. The van der Waals surface area contributed by atoms with Gasteiger partial charge in [-0.25, -0.2) is 0 Å². The summed E-state index contributed by atoms with van der Waals surface area (Å²) in [5.74, 6) is -1.10. The van der Waals surface area contributed by atoms with E-state index in [2.05, 4.69) is 19.2 Å². The molecule has 26 heavy (non-hydrogen) atoms. The van der Waals surface area contributed by atoms with Gasteiger partial charge in [0, 0.05) is 25.2 Å². The lowest BCUT2D eigenvalue weighted by Gasteiger charge is -2.23. The van der Waals surface area contributed by atoms with E-state index in [1.54, 1.807) is 4.90 Å². The van der Waals surface area contributed by atoms with Crippen molar-refractivity contribution in [3.63, 3.8) is 0 Å². The van der Waals surface area contributed by atoms with E-state index >= 15 is 0 Å². The molecule has 2 rings (SSSR count). The highest BCUT2D eigenvalue weighted by molar-refractivity contribution is 6.00. The molecule has 0 spiro atoms. The van der Waals surface area contributed by atoms with Gasteiger partial charge in [-0.2, -0.15) is 0 Å². The van der Waals surface area contributed by atoms with Crippen LogP contribution in [-0.4, -0.2) is 37.5 Å². The Kier molecular flexibility index (Phi) is 7.18. The van der Waals surface area contributed by atoms with Crippen molar-refractivity contribution in [2.75, 3.05) is 24.6 Å². The Bertz CT molecular complexity index is 659. The Morgan fingerprint density at radius 1 is 1.31 bits per heavy atom. The molecule has 1 aromatic carbocycles. The number of esters is 1. The molecule has 1 aromatic rings. The Balaban J connectivity index is 2.00. The molecule has 0 aromatic heterocycles. The lowest BCUT2D eigenvalue weighted by Crippen LogP contribution is -2.31. The second-order valence-corrected chi connectivity index (χ2v) is 6.73. The van der Waals surface area contributed by atoms with Gasteiger partial charge in [-0.05, 0) is 30.4 Å². The SMILES string of the molecule is CCCNC(=O)COC(=O)[C@H]1CC(=O)N(c2ccccc2[C@@H](C)CC)C1. The zero-order chi connectivity index (χ0) is 19.1. The summed E-state index contributed by atoms with van der Waals surface area (Å²) in [7, 11) is 0. The van der Waals surface area contributed by atoms with Crippen LogP contribution in [0, 0.1) is 5.92 Å². The van der Waals surface area contributed by atoms with Crippen LogP contribution in [0.3, 0.4) is 0 Å². The summed E-state index contributed by atoms with van der Waals surface area (Å²) in [5, 5.41) is 2.65. The molecule has 1 aliphatic heterocycles. The lowest BCUT2D eigenvalue weighted by molar-refractivity contribution is -0.152. The fraction of sp³-hybridized carbons (Fsp3) is 0.550. The molecule has 6 nitrogen and oxygen atoms in total. The van der Waals surface area contributed by atoms with Gasteiger partial charge >= 0.3 is 5.97 Å². The number of carbonyl (C=O) groups is 3. The molecule has 0 saturated carbocycles. The van der Waals surface area contributed by atoms with Crippen molar-refractivity contribution in [2.24, 2.45) is 5.92 Å². The summed E-state index contributed by atoms with van der Waals surface area (Å²) in [5.41, 5.74) is 1.97. The number of benzene rings is 1. The minimum Gasteiger partial charge on any atom is -0.455 e. The number of carbonyl (C=O) groups excluding carboxylic acids is 3. The first-order valence-corrected chi connectivity index (χ1v) is 9.30. The maximum Gasteiger partial charge on any atom is 0.311 e. The molecular weight excluding hydrogens is 332 g/mol. The van der Waals surface area contributed by atoms with Crippen molar-refractivity contribution >= 4 is 23.5 Å². The number of rotatable bonds is 8. The van der Waals surface area contributed by atoms with E-state index < -0.39 is 11.9 Å². The highest BCUT2D eigenvalue weighted by Gasteiger charge is 2.37. The van der Waals surface area contributed by atoms with E-state index in [1.807, 2.05) is 31.2 Å². The molecule has 0 unspecified atom stereocenters. The Hall–Kier alpha value is -2.37. The Morgan fingerprint density at radius 2 is 2.04 bits per heavy atom. The second-order valence-electron chi connectivity index (χ2n) is 6.73. The molecule has 0 bridgehead atoms. The van der Waals surface area contributed by atoms with Crippen LogP contribution in [0.25, 0.3) is 0 Å². The number of para-hydroxylation sites is 1. The number of hydrogen-bond donors (Lipinski definition) is 1. The van der Waals surface area contributed by atoms with E-state index in [0.29, 0.717) is 19.0 Å². The summed E-state index contributed by atoms with van der Waals surface area (Å²) in [4.78, 5) is 37.9. The molecule has 1 saturated heterocycles. The standard InChI is InChI=1S/C20H28N2O4/c1-4-10-21-18(23)13-26-20(25)15-11-19(24)22(12-15)17-9-7-6-8-16(17)14(3)5-2/h6-9,14-15H,4-5,10-13H2,1-3H3,(H,21,23)/t14-,15-/m0/s1. The average molecular weight is 360 g/mol. The number of anilines is 1. The second kappa shape index (κ2) is 9.36. The quantitative estimate of drug-likeness (QED) is 0.723. The van der Waals surface area contributed by atoms with E-state index in [0.717, 1.165) is 24.1 Å². The maximum atomic E-state index is 12.5. The minimum atomic E-state index is -0.536. The predicted molar refractivity (Wildman–Crippen MR) is 99.9 cm³/mol. The van der Waals surface area contributed by atoms with Gasteiger partial charge in [0.1, 0.15) is 0 Å². The third kappa shape index (κ3) is 4.84. The summed E-state index contributed by atoms with van der Waals surface area (Å²) in [6.45, 7) is 6.73. The van der Waals surface area contributed by atoms with E-state index in [9.17, 15) is 14.4 Å². The highest BCUT2D eigenvalue weighted by Crippen LogP contribution is 2.33. The van der Waals surface area contributed by atoms with Crippen molar-refractivity contribution in [1.82, 2.24) is 5.32 Å². The summed E-state index contributed by atoms with van der Waals surface area (Å²) >= 11 is 0. The molecule has 1 heterocycles. The van der Waals surface area contributed by atoms with E-state index in [-0.39, 0.29) is 24.8 Å². The van der Waals surface area contributed by atoms with Crippen LogP contribution in [0.4, 0.5) is 5.69 Å². The molecule has 1 N–H and O–H groups in total.